The largest absolute Gasteiger partial charge is 0.492 e. The maximum atomic E-state index is 12.1. The molecule has 0 atom stereocenters. The summed E-state index contributed by atoms with van der Waals surface area (Å²) in [4.78, 5) is 23.2. The van der Waals surface area contributed by atoms with E-state index in [1.54, 1.807) is 22.8 Å². The molecule has 0 fully saturated rings. The molecule has 3 N–H and O–H groups in total. The molecule has 0 spiro atoms. The standard InChI is InChI=1S/C14H16N2O4/c1-2-16-8-11(14(18)19)13(17)10-4-3-9(7-12(10)16)20-6-5-15/h3-4,7-8H,2,5-6,15H2,1H3,(H,18,19). The Kier molecular flexibility index (Phi) is 4.05. The van der Waals surface area contributed by atoms with Crippen LogP contribution in [0.4, 0.5) is 0 Å². The van der Waals surface area contributed by atoms with E-state index in [4.69, 9.17) is 15.6 Å². The lowest BCUT2D eigenvalue weighted by Gasteiger charge is -2.12. The molecule has 6 nitrogen and oxygen atoms in total. The number of aryl methyl sites for hydroxylation is 1. The number of hydrogen-bond donors (Lipinski definition) is 2. The molecule has 0 bridgehead atoms. The first-order chi connectivity index (χ1) is 9.58. The highest BCUT2D eigenvalue weighted by atomic mass is 16.5. The Balaban J connectivity index is 2.66. The smallest absolute Gasteiger partial charge is 0.341 e. The molecule has 0 amide bonds. The maximum Gasteiger partial charge on any atom is 0.341 e. The SMILES string of the molecule is CCn1cc(C(=O)O)c(=O)c2ccc(OCCN)cc21. The van der Waals surface area contributed by atoms with Gasteiger partial charge in [-0.25, -0.2) is 4.79 Å². The summed E-state index contributed by atoms with van der Waals surface area (Å²) in [6, 6.07) is 4.95. The fraction of sp³-hybridized carbons (Fsp3) is 0.286. The number of fused-ring (bicyclic) bond motifs is 1. The summed E-state index contributed by atoms with van der Waals surface area (Å²) in [5.74, 6) is -0.616. The number of carboxylic acid groups (broad SMARTS) is 1. The molecule has 0 aliphatic heterocycles. The van der Waals surface area contributed by atoms with E-state index in [2.05, 4.69) is 0 Å². The van der Waals surface area contributed by atoms with E-state index >= 15 is 0 Å². The number of carboxylic acids is 1. The van der Waals surface area contributed by atoms with E-state index in [1.165, 1.54) is 6.20 Å². The van der Waals surface area contributed by atoms with Crippen molar-refractivity contribution in [3.63, 3.8) is 0 Å². The second-order valence-electron chi connectivity index (χ2n) is 4.28. The zero-order valence-electron chi connectivity index (χ0n) is 11.1. The average Bonchev–Trinajstić information content (AvgIpc) is 2.45. The van der Waals surface area contributed by atoms with Crippen LogP contribution in [0.25, 0.3) is 10.9 Å². The summed E-state index contributed by atoms with van der Waals surface area (Å²) in [5, 5.41) is 9.43. The molecule has 0 saturated carbocycles. The third-order valence-corrected chi connectivity index (χ3v) is 3.01. The minimum atomic E-state index is -1.22. The number of nitrogens with zero attached hydrogens (tertiary/aromatic N) is 1. The Morgan fingerprint density at radius 1 is 1.45 bits per heavy atom. The number of carbonyl (C=O) groups is 1. The second kappa shape index (κ2) is 5.75. The third kappa shape index (κ3) is 2.50. The molecule has 106 valence electrons. The number of benzene rings is 1. The third-order valence-electron chi connectivity index (χ3n) is 3.01. The summed E-state index contributed by atoms with van der Waals surface area (Å²) in [6.07, 6.45) is 1.36. The fourth-order valence-corrected chi connectivity index (χ4v) is 2.05. The highest BCUT2D eigenvalue weighted by Gasteiger charge is 2.14. The van der Waals surface area contributed by atoms with Crippen LogP contribution < -0.4 is 15.9 Å². The van der Waals surface area contributed by atoms with Crippen LogP contribution in [0.3, 0.4) is 0 Å². The predicted octanol–water partition coefficient (Wildman–Crippen LogP) is 1.06. The summed E-state index contributed by atoms with van der Waals surface area (Å²) >= 11 is 0. The number of pyridine rings is 1. The van der Waals surface area contributed by atoms with E-state index in [-0.39, 0.29) is 5.56 Å². The average molecular weight is 276 g/mol. The highest BCUT2D eigenvalue weighted by molar-refractivity contribution is 5.92. The van der Waals surface area contributed by atoms with Crippen molar-refractivity contribution in [3.05, 3.63) is 40.2 Å². The van der Waals surface area contributed by atoms with Gasteiger partial charge in [0.1, 0.15) is 17.9 Å². The van der Waals surface area contributed by atoms with Gasteiger partial charge in [0.25, 0.3) is 0 Å². The summed E-state index contributed by atoms with van der Waals surface area (Å²) in [6.45, 7) is 3.21. The van der Waals surface area contributed by atoms with E-state index in [0.717, 1.165) is 0 Å². The summed E-state index contributed by atoms with van der Waals surface area (Å²) in [7, 11) is 0. The van der Waals surface area contributed by atoms with Crippen LogP contribution in [-0.4, -0.2) is 28.8 Å². The number of aromatic nitrogens is 1. The lowest BCUT2D eigenvalue weighted by molar-refractivity contribution is 0.0695. The van der Waals surface area contributed by atoms with Crippen molar-refractivity contribution < 1.29 is 14.6 Å². The second-order valence-corrected chi connectivity index (χ2v) is 4.28. The molecule has 1 heterocycles. The van der Waals surface area contributed by atoms with Crippen molar-refractivity contribution in [3.8, 4) is 5.75 Å². The zero-order valence-corrected chi connectivity index (χ0v) is 11.1. The maximum absolute atomic E-state index is 12.1. The van der Waals surface area contributed by atoms with Crippen molar-refractivity contribution in [2.45, 2.75) is 13.5 Å². The Morgan fingerprint density at radius 3 is 2.80 bits per heavy atom. The molecule has 0 unspecified atom stereocenters. The van der Waals surface area contributed by atoms with E-state index in [9.17, 15) is 9.59 Å². The molecule has 1 aromatic heterocycles. The van der Waals surface area contributed by atoms with Crippen LogP contribution in [0.2, 0.25) is 0 Å². The van der Waals surface area contributed by atoms with Gasteiger partial charge in [-0.2, -0.15) is 0 Å². The van der Waals surface area contributed by atoms with Crippen LogP contribution in [-0.2, 0) is 6.54 Å². The Labute approximate surface area is 115 Å². The van der Waals surface area contributed by atoms with Crippen molar-refractivity contribution in [2.24, 2.45) is 5.73 Å². The monoisotopic (exact) mass is 276 g/mol. The lowest BCUT2D eigenvalue weighted by atomic mass is 10.1. The molecule has 0 aliphatic rings. The lowest BCUT2D eigenvalue weighted by Crippen LogP contribution is -2.18. The number of hydrogen-bond acceptors (Lipinski definition) is 4. The van der Waals surface area contributed by atoms with Gasteiger partial charge in [-0.05, 0) is 19.1 Å². The van der Waals surface area contributed by atoms with Gasteiger partial charge in [-0.1, -0.05) is 0 Å². The first kappa shape index (κ1) is 14.1. The summed E-state index contributed by atoms with van der Waals surface area (Å²) in [5.41, 5.74) is 5.32. The molecule has 6 heteroatoms. The minimum absolute atomic E-state index is 0.227. The first-order valence-corrected chi connectivity index (χ1v) is 6.31. The van der Waals surface area contributed by atoms with Gasteiger partial charge in [0.15, 0.2) is 0 Å². The Morgan fingerprint density at radius 2 is 2.20 bits per heavy atom. The summed E-state index contributed by atoms with van der Waals surface area (Å²) < 4.78 is 7.14. The zero-order chi connectivity index (χ0) is 14.7. The Hall–Kier alpha value is -2.34. The quantitative estimate of drug-likeness (QED) is 0.851. The molecule has 1 aromatic carbocycles. The molecule has 2 rings (SSSR count). The Bertz CT molecular complexity index is 706. The van der Waals surface area contributed by atoms with Gasteiger partial charge in [-0.15, -0.1) is 0 Å². The van der Waals surface area contributed by atoms with Gasteiger partial charge < -0.3 is 20.1 Å². The van der Waals surface area contributed by atoms with Crippen molar-refractivity contribution >= 4 is 16.9 Å². The number of rotatable bonds is 5. The topological polar surface area (TPSA) is 94.5 Å². The fourth-order valence-electron chi connectivity index (χ4n) is 2.05. The van der Waals surface area contributed by atoms with Crippen molar-refractivity contribution in [2.75, 3.05) is 13.2 Å². The van der Waals surface area contributed by atoms with E-state index in [1.807, 2.05) is 6.92 Å². The van der Waals surface area contributed by atoms with Crippen LogP contribution >= 0.6 is 0 Å². The van der Waals surface area contributed by atoms with Crippen molar-refractivity contribution in [1.29, 1.82) is 0 Å². The molecule has 2 aromatic rings. The van der Waals surface area contributed by atoms with E-state index in [0.29, 0.717) is 36.3 Å². The van der Waals surface area contributed by atoms with Crippen LogP contribution in [0.1, 0.15) is 17.3 Å². The van der Waals surface area contributed by atoms with E-state index < -0.39 is 11.4 Å². The van der Waals surface area contributed by atoms with Crippen LogP contribution in [0.5, 0.6) is 5.75 Å². The van der Waals surface area contributed by atoms with Crippen LogP contribution in [0, 0.1) is 0 Å². The number of nitrogens with two attached hydrogens (primary N) is 1. The molecule has 0 saturated heterocycles. The van der Waals surface area contributed by atoms with Gasteiger partial charge in [-0.3, -0.25) is 4.79 Å². The minimum Gasteiger partial charge on any atom is -0.492 e. The first-order valence-electron chi connectivity index (χ1n) is 6.31. The molecular weight excluding hydrogens is 260 g/mol. The molecular formula is C14H16N2O4. The van der Waals surface area contributed by atoms with Gasteiger partial charge in [0, 0.05) is 30.7 Å². The number of ether oxygens (including phenoxy) is 1. The molecule has 0 radical (unpaired) electrons. The number of aromatic carboxylic acids is 1. The van der Waals surface area contributed by atoms with Crippen LogP contribution in [0.15, 0.2) is 29.2 Å². The van der Waals surface area contributed by atoms with Crippen molar-refractivity contribution in [1.82, 2.24) is 4.57 Å². The highest BCUT2D eigenvalue weighted by Crippen LogP contribution is 2.19. The normalized spacial score (nSPS) is 10.7. The van der Waals surface area contributed by atoms with Gasteiger partial charge in [0.2, 0.25) is 5.43 Å². The van der Waals surface area contributed by atoms with Gasteiger partial charge in [0.05, 0.1) is 5.52 Å². The molecule has 0 aliphatic carbocycles. The van der Waals surface area contributed by atoms with Gasteiger partial charge >= 0.3 is 5.97 Å². The predicted molar refractivity (Wildman–Crippen MR) is 75.4 cm³/mol. The molecule has 20 heavy (non-hydrogen) atoms.